The van der Waals surface area contributed by atoms with E-state index in [1.54, 1.807) is 10.9 Å². The second-order valence-corrected chi connectivity index (χ2v) is 6.72. The number of benzene rings is 2. The molecular formula is C20H16FN5O2. The van der Waals surface area contributed by atoms with Crippen molar-refractivity contribution in [3.63, 3.8) is 0 Å². The first kappa shape index (κ1) is 16.6. The maximum Gasteiger partial charge on any atom is 0.272 e. The van der Waals surface area contributed by atoms with Crippen molar-refractivity contribution in [3.05, 3.63) is 87.9 Å². The molecule has 7 nitrogen and oxygen atoms in total. The lowest BCUT2D eigenvalue weighted by Gasteiger charge is -2.25. The topological polar surface area (TPSA) is 84.8 Å². The summed E-state index contributed by atoms with van der Waals surface area (Å²) in [6.07, 6.45) is 1.22. The van der Waals surface area contributed by atoms with E-state index in [2.05, 4.69) is 20.8 Å². The minimum atomic E-state index is -0.531. The Morgan fingerprint density at radius 2 is 2.00 bits per heavy atom. The van der Waals surface area contributed by atoms with Crippen molar-refractivity contribution < 1.29 is 9.23 Å². The molecular weight excluding hydrogens is 361 g/mol. The van der Waals surface area contributed by atoms with Crippen LogP contribution in [0.1, 0.15) is 29.0 Å². The van der Waals surface area contributed by atoms with Crippen molar-refractivity contribution in [1.29, 1.82) is 0 Å². The van der Waals surface area contributed by atoms with Gasteiger partial charge in [0.15, 0.2) is 0 Å². The Morgan fingerprint density at radius 3 is 2.75 bits per heavy atom. The molecule has 0 aliphatic carbocycles. The predicted octanol–water partition coefficient (Wildman–Crippen LogP) is 3.03. The third kappa shape index (κ3) is 2.49. The SMILES string of the molecule is Cn1nccc1C1c2n[nH]c(=O)c3cc(F)cc(c23)NOC1c1ccccc1. The Kier molecular flexibility index (Phi) is 3.73. The number of hydrogen-bond donors (Lipinski definition) is 2. The maximum absolute atomic E-state index is 14.1. The lowest BCUT2D eigenvalue weighted by molar-refractivity contribution is 0.0859. The van der Waals surface area contributed by atoms with Gasteiger partial charge in [-0.2, -0.15) is 10.2 Å². The smallest absolute Gasteiger partial charge is 0.272 e. The highest BCUT2D eigenvalue weighted by Gasteiger charge is 2.36. The van der Waals surface area contributed by atoms with Gasteiger partial charge in [0.25, 0.3) is 5.56 Å². The van der Waals surface area contributed by atoms with Gasteiger partial charge in [-0.15, -0.1) is 0 Å². The fourth-order valence-electron chi connectivity index (χ4n) is 3.82. The Morgan fingerprint density at radius 1 is 1.18 bits per heavy atom. The summed E-state index contributed by atoms with van der Waals surface area (Å²) in [4.78, 5) is 18.4. The van der Waals surface area contributed by atoms with Crippen molar-refractivity contribution in [2.24, 2.45) is 7.05 Å². The molecule has 2 aromatic carbocycles. The molecule has 8 heteroatoms. The molecule has 0 saturated heterocycles. The number of hydrogen-bond acceptors (Lipinski definition) is 5. The van der Waals surface area contributed by atoms with E-state index in [4.69, 9.17) is 4.84 Å². The van der Waals surface area contributed by atoms with Crippen molar-refractivity contribution in [1.82, 2.24) is 20.0 Å². The number of aromatic nitrogens is 4. The van der Waals surface area contributed by atoms with Crippen LogP contribution in [0.2, 0.25) is 0 Å². The molecule has 4 aromatic rings. The first-order valence-corrected chi connectivity index (χ1v) is 8.80. The van der Waals surface area contributed by atoms with Crippen molar-refractivity contribution in [2.75, 3.05) is 5.48 Å². The van der Waals surface area contributed by atoms with E-state index < -0.39 is 17.5 Å². The summed E-state index contributed by atoms with van der Waals surface area (Å²) in [5.41, 5.74) is 5.13. The number of nitrogens with one attached hydrogen (secondary N) is 2. The van der Waals surface area contributed by atoms with E-state index in [1.165, 1.54) is 12.1 Å². The van der Waals surface area contributed by atoms with Gasteiger partial charge in [0.2, 0.25) is 0 Å². The Bertz CT molecular complexity index is 1230. The molecule has 28 heavy (non-hydrogen) atoms. The molecule has 2 N–H and O–H groups in total. The molecule has 0 bridgehead atoms. The van der Waals surface area contributed by atoms with Crippen LogP contribution in [0.25, 0.3) is 10.8 Å². The average molecular weight is 377 g/mol. The summed E-state index contributed by atoms with van der Waals surface area (Å²) >= 11 is 0. The fraction of sp³-hybridized carbons (Fsp3) is 0.150. The highest BCUT2D eigenvalue weighted by atomic mass is 19.1. The number of halogens is 1. The van der Waals surface area contributed by atoms with Gasteiger partial charge in [-0.05, 0) is 23.8 Å². The van der Waals surface area contributed by atoms with Gasteiger partial charge in [0.05, 0.1) is 28.4 Å². The number of nitrogens with zero attached hydrogens (tertiary/aromatic N) is 3. The number of H-pyrrole nitrogens is 1. The fourth-order valence-corrected chi connectivity index (χ4v) is 3.82. The first-order chi connectivity index (χ1) is 13.6. The average Bonchev–Trinajstić information content (AvgIpc) is 3.05. The minimum Gasteiger partial charge on any atom is -0.272 e. The quantitative estimate of drug-likeness (QED) is 0.561. The molecule has 2 atom stereocenters. The largest absolute Gasteiger partial charge is 0.272 e. The summed E-state index contributed by atoms with van der Waals surface area (Å²) < 4.78 is 15.9. The van der Waals surface area contributed by atoms with Crippen molar-refractivity contribution in [3.8, 4) is 0 Å². The summed E-state index contributed by atoms with van der Waals surface area (Å²) in [5, 5.41) is 11.9. The van der Waals surface area contributed by atoms with Crippen molar-refractivity contribution >= 4 is 16.5 Å². The first-order valence-electron chi connectivity index (χ1n) is 8.80. The van der Waals surface area contributed by atoms with E-state index in [0.29, 0.717) is 16.8 Å². The summed E-state index contributed by atoms with van der Waals surface area (Å²) in [7, 11) is 1.84. The van der Waals surface area contributed by atoms with E-state index >= 15 is 0 Å². The molecule has 0 spiro atoms. The van der Waals surface area contributed by atoms with Crippen LogP contribution in [0.3, 0.4) is 0 Å². The zero-order valence-electron chi connectivity index (χ0n) is 14.9. The third-order valence-corrected chi connectivity index (χ3v) is 5.08. The lowest BCUT2D eigenvalue weighted by Crippen LogP contribution is -2.21. The Balaban J connectivity index is 1.85. The van der Waals surface area contributed by atoms with Gasteiger partial charge < -0.3 is 0 Å². The summed E-state index contributed by atoms with van der Waals surface area (Å²) in [6, 6.07) is 14.1. The molecule has 5 rings (SSSR count). The van der Waals surface area contributed by atoms with Crippen LogP contribution in [-0.4, -0.2) is 20.0 Å². The zero-order chi connectivity index (χ0) is 19.3. The number of aryl methyl sites for hydroxylation is 1. The van der Waals surface area contributed by atoms with Crippen LogP contribution in [0.5, 0.6) is 0 Å². The number of anilines is 1. The van der Waals surface area contributed by atoms with Gasteiger partial charge in [0.1, 0.15) is 11.9 Å². The molecule has 1 aliphatic heterocycles. The van der Waals surface area contributed by atoms with Crippen molar-refractivity contribution in [2.45, 2.75) is 12.0 Å². The van der Waals surface area contributed by atoms with Crippen LogP contribution < -0.4 is 11.0 Å². The van der Waals surface area contributed by atoms with E-state index in [9.17, 15) is 9.18 Å². The van der Waals surface area contributed by atoms with Crippen LogP contribution in [-0.2, 0) is 11.9 Å². The maximum atomic E-state index is 14.1. The minimum absolute atomic E-state index is 0.219. The number of aromatic amines is 1. The second-order valence-electron chi connectivity index (χ2n) is 6.72. The predicted molar refractivity (Wildman–Crippen MR) is 101 cm³/mol. The van der Waals surface area contributed by atoms with E-state index in [0.717, 1.165) is 11.3 Å². The third-order valence-electron chi connectivity index (χ3n) is 5.08. The molecule has 0 saturated carbocycles. The highest BCUT2D eigenvalue weighted by molar-refractivity contribution is 5.95. The Hall–Kier alpha value is -3.52. The van der Waals surface area contributed by atoms with Crippen LogP contribution in [0, 0.1) is 5.82 Å². The molecule has 2 aromatic heterocycles. The molecule has 0 amide bonds. The van der Waals surface area contributed by atoms with Crippen LogP contribution in [0.15, 0.2) is 59.5 Å². The van der Waals surface area contributed by atoms with Crippen LogP contribution >= 0.6 is 0 Å². The summed E-state index contributed by atoms with van der Waals surface area (Å²) in [6.45, 7) is 0. The molecule has 1 aliphatic rings. The van der Waals surface area contributed by atoms with E-state index in [-0.39, 0.29) is 11.3 Å². The Labute approximate surface area is 158 Å². The lowest BCUT2D eigenvalue weighted by atomic mass is 9.87. The zero-order valence-corrected chi connectivity index (χ0v) is 14.9. The second kappa shape index (κ2) is 6.28. The van der Waals surface area contributed by atoms with Gasteiger partial charge in [-0.3, -0.25) is 19.8 Å². The molecule has 3 heterocycles. The van der Waals surface area contributed by atoms with Gasteiger partial charge in [0, 0.05) is 18.6 Å². The van der Waals surface area contributed by atoms with E-state index in [1.807, 2.05) is 43.4 Å². The molecule has 0 radical (unpaired) electrons. The molecule has 2 unspecified atom stereocenters. The monoisotopic (exact) mass is 377 g/mol. The van der Waals surface area contributed by atoms with Crippen LogP contribution in [0.4, 0.5) is 10.1 Å². The molecule has 0 fully saturated rings. The highest BCUT2D eigenvalue weighted by Crippen LogP contribution is 2.44. The molecule has 140 valence electrons. The van der Waals surface area contributed by atoms with Gasteiger partial charge in [-0.1, -0.05) is 30.3 Å². The number of rotatable bonds is 2. The standard InChI is InChI=1S/C20H16FN5O2/c1-26-15(7-8-22-26)17-18-16-13(20(27)24-23-18)9-12(21)10-14(16)25-28-19(17)11-5-3-2-4-6-11/h2-10,17,19,25H,1H3,(H,24,27). The normalized spacial score (nSPS) is 18.6. The van der Waals surface area contributed by atoms with Gasteiger partial charge >= 0.3 is 0 Å². The summed E-state index contributed by atoms with van der Waals surface area (Å²) in [5.74, 6) is -0.912. The van der Waals surface area contributed by atoms with Gasteiger partial charge in [-0.25, -0.2) is 9.49 Å².